The van der Waals surface area contributed by atoms with Crippen molar-refractivity contribution in [2.75, 3.05) is 5.32 Å². The second-order valence-electron chi connectivity index (χ2n) is 6.56. The van der Waals surface area contributed by atoms with Crippen molar-refractivity contribution >= 4 is 40.1 Å². The van der Waals surface area contributed by atoms with Crippen LogP contribution in [0.3, 0.4) is 0 Å². The Morgan fingerprint density at radius 1 is 1.27 bits per heavy atom. The molecule has 4 rings (SSSR count). The Morgan fingerprint density at radius 3 is 2.97 bits per heavy atom. The van der Waals surface area contributed by atoms with Crippen molar-refractivity contribution < 1.29 is 4.79 Å². The highest BCUT2D eigenvalue weighted by molar-refractivity contribution is 7.15. The zero-order valence-electron chi connectivity index (χ0n) is 16.0. The molecule has 30 heavy (non-hydrogen) atoms. The van der Waals surface area contributed by atoms with E-state index in [2.05, 4.69) is 25.8 Å². The first-order valence-corrected chi connectivity index (χ1v) is 10.3. The summed E-state index contributed by atoms with van der Waals surface area (Å²) < 4.78 is 1.55. The van der Waals surface area contributed by atoms with Crippen LogP contribution in [0, 0.1) is 6.92 Å². The molecule has 0 saturated heterocycles. The van der Waals surface area contributed by atoms with Gasteiger partial charge in [-0.15, -0.1) is 16.4 Å². The molecule has 0 aliphatic carbocycles. The molecule has 7 nitrogen and oxygen atoms in total. The summed E-state index contributed by atoms with van der Waals surface area (Å²) in [6.45, 7) is 1.97. The van der Waals surface area contributed by atoms with Crippen LogP contribution in [0.25, 0.3) is 11.8 Å². The number of tetrazole rings is 1. The summed E-state index contributed by atoms with van der Waals surface area (Å²) in [5.41, 5.74) is 3.82. The average Bonchev–Trinajstić information content (AvgIpc) is 3.42. The highest BCUT2D eigenvalue weighted by atomic mass is 35.5. The lowest BCUT2D eigenvalue weighted by Gasteiger charge is -2.02. The SMILES string of the molecule is Cc1ccc(Cc2cnc(NC(=O)/C=C/c3cccc(-n4cnnn4)c3)s2)cc1Cl. The predicted molar refractivity (Wildman–Crippen MR) is 118 cm³/mol. The Bertz CT molecular complexity index is 1200. The van der Waals surface area contributed by atoms with E-state index in [1.165, 1.54) is 23.7 Å². The van der Waals surface area contributed by atoms with Gasteiger partial charge in [-0.1, -0.05) is 35.9 Å². The third kappa shape index (κ3) is 4.97. The fourth-order valence-corrected chi connectivity index (χ4v) is 3.82. The van der Waals surface area contributed by atoms with Crippen molar-refractivity contribution in [3.63, 3.8) is 0 Å². The summed E-state index contributed by atoms with van der Waals surface area (Å²) in [6.07, 6.45) is 7.20. The van der Waals surface area contributed by atoms with Gasteiger partial charge in [-0.05, 0) is 58.3 Å². The predicted octanol–water partition coefficient (Wildman–Crippen LogP) is 4.32. The van der Waals surface area contributed by atoms with Crippen LogP contribution in [0.15, 0.2) is 61.1 Å². The number of halogens is 1. The first-order valence-electron chi connectivity index (χ1n) is 9.09. The van der Waals surface area contributed by atoms with Crippen molar-refractivity contribution in [3.8, 4) is 5.69 Å². The molecule has 2 aromatic carbocycles. The zero-order valence-corrected chi connectivity index (χ0v) is 17.6. The Kier molecular flexibility index (Phi) is 5.97. The summed E-state index contributed by atoms with van der Waals surface area (Å²) >= 11 is 7.63. The summed E-state index contributed by atoms with van der Waals surface area (Å²) in [5.74, 6) is -0.248. The van der Waals surface area contributed by atoms with Crippen LogP contribution < -0.4 is 5.32 Å². The van der Waals surface area contributed by atoms with Gasteiger partial charge in [-0.2, -0.15) is 0 Å². The van der Waals surface area contributed by atoms with Crippen molar-refractivity contribution in [2.45, 2.75) is 13.3 Å². The molecule has 150 valence electrons. The van der Waals surface area contributed by atoms with E-state index in [0.29, 0.717) is 11.6 Å². The number of rotatable bonds is 6. The number of aromatic nitrogens is 5. The van der Waals surface area contributed by atoms with Crippen molar-refractivity contribution in [2.24, 2.45) is 0 Å². The van der Waals surface area contributed by atoms with Gasteiger partial charge in [-0.3, -0.25) is 10.1 Å². The fourth-order valence-electron chi connectivity index (χ4n) is 2.76. The monoisotopic (exact) mass is 436 g/mol. The minimum Gasteiger partial charge on any atom is -0.298 e. The summed E-state index contributed by atoms with van der Waals surface area (Å²) in [4.78, 5) is 17.6. The fraction of sp³-hybridized carbons (Fsp3) is 0.0952. The van der Waals surface area contributed by atoms with Crippen molar-refractivity contribution in [3.05, 3.63) is 87.7 Å². The molecule has 0 aliphatic rings. The van der Waals surface area contributed by atoms with E-state index >= 15 is 0 Å². The number of amides is 1. The van der Waals surface area contributed by atoms with Crippen LogP contribution in [0.4, 0.5) is 5.13 Å². The van der Waals surface area contributed by atoms with E-state index in [1.807, 2.05) is 49.4 Å². The molecular weight excluding hydrogens is 420 g/mol. The van der Waals surface area contributed by atoms with E-state index in [9.17, 15) is 4.79 Å². The van der Waals surface area contributed by atoms with E-state index in [-0.39, 0.29) is 5.91 Å². The lowest BCUT2D eigenvalue weighted by atomic mass is 10.1. The standard InChI is InChI=1S/C21H17ClN6OS/c1-14-5-6-16(11-19(14)22)10-18-12-23-21(30-18)25-20(29)8-7-15-3-2-4-17(9-15)28-13-24-26-27-28/h2-9,11-13H,10H2,1H3,(H,23,25,29)/b8-7+. The molecule has 9 heteroatoms. The molecule has 0 saturated carbocycles. The van der Waals surface area contributed by atoms with Crippen molar-refractivity contribution in [1.82, 2.24) is 25.2 Å². The highest BCUT2D eigenvalue weighted by Gasteiger charge is 2.07. The van der Waals surface area contributed by atoms with Crippen LogP contribution in [-0.4, -0.2) is 31.1 Å². The number of thiazole rings is 1. The van der Waals surface area contributed by atoms with Gasteiger partial charge < -0.3 is 0 Å². The van der Waals surface area contributed by atoms with Gasteiger partial charge in [0.15, 0.2) is 5.13 Å². The van der Waals surface area contributed by atoms with Crippen LogP contribution in [-0.2, 0) is 11.2 Å². The molecule has 1 amide bonds. The number of nitrogens with zero attached hydrogens (tertiary/aromatic N) is 5. The zero-order chi connectivity index (χ0) is 20.9. The second-order valence-corrected chi connectivity index (χ2v) is 8.09. The molecule has 0 radical (unpaired) electrons. The number of hydrogen-bond acceptors (Lipinski definition) is 6. The molecule has 0 aliphatic heterocycles. The summed E-state index contributed by atoms with van der Waals surface area (Å²) in [5, 5.41) is 15.2. The van der Waals surface area contributed by atoms with Gasteiger partial charge in [0, 0.05) is 28.6 Å². The summed E-state index contributed by atoms with van der Waals surface area (Å²) in [7, 11) is 0. The number of carbonyl (C=O) groups is 1. The largest absolute Gasteiger partial charge is 0.298 e. The molecule has 0 atom stereocenters. The molecule has 0 bridgehead atoms. The quantitative estimate of drug-likeness (QED) is 0.455. The second kappa shape index (κ2) is 8.98. The molecule has 0 spiro atoms. The van der Waals surface area contributed by atoms with Crippen LogP contribution >= 0.6 is 22.9 Å². The van der Waals surface area contributed by atoms with E-state index in [1.54, 1.807) is 17.0 Å². The minimum absolute atomic E-state index is 0.248. The van der Waals surface area contributed by atoms with Crippen LogP contribution in [0.2, 0.25) is 5.02 Å². The van der Waals surface area contributed by atoms with Gasteiger partial charge >= 0.3 is 0 Å². The normalized spacial score (nSPS) is 11.1. The number of anilines is 1. The number of nitrogens with one attached hydrogen (secondary N) is 1. The average molecular weight is 437 g/mol. The molecule has 1 N–H and O–H groups in total. The summed E-state index contributed by atoms with van der Waals surface area (Å²) in [6, 6.07) is 13.5. The molecule has 0 unspecified atom stereocenters. The maximum atomic E-state index is 12.3. The molecule has 2 heterocycles. The van der Waals surface area contributed by atoms with Crippen LogP contribution in [0.5, 0.6) is 0 Å². The van der Waals surface area contributed by atoms with Crippen LogP contribution in [0.1, 0.15) is 21.6 Å². The number of hydrogen-bond donors (Lipinski definition) is 1. The molecule has 2 aromatic heterocycles. The maximum absolute atomic E-state index is 12.3. The Morgan fingerprint density at radius 2 is 2.17 bits per heavy atom. The Hall–Kier alpha value is -3.36. The number of aryl methyl sites for hydroxylation is 1. The number of benzene rings is 2. The molecular formula is C21H17ClN6OS. The lowest BCUT2D eigenvalue weighted by Crippen LogP contribution is -2.07. The van der Waals surface area contributed by atoms with Gasteiger partial charge in [0.1, 0.15) is 6.33 Å². The number of carbonyl (C=O) groups excluding carboxylic acids is 1. The maximum Gasteiger partial charge on any atom is 0.250 e. The molecule has 4 aromatic rings. The smallest absolute Gasteiger partial charge is 0.250 e. The van der Waals surface area contributed by atoms with Gasteiger partial charge in [0.05, 0.1) is 5.69 Å². The highest BCUT2D eigenvalue weighted by Crippen LogP contribution is 2.24. The van der Waals surface area contributed by atoms with Gasteiger partial charge in [-0.25, -0.2) is 9.67 Å². The Labute approximate surface area is 182 Å². The third-order valence-corrected chi connectivity index (χ3v) is 5.63. The lowest BCUT2D eigenvalue weighted by molar-refractivity contribution is -0.111. The first-order chi connectivity index (χ1) is 14.6. The van der Waals surface area contributed by atoms with E-state index in [0.717, 1.165) is 32.3 Å². The first kappa shape index (κ1) is 19.9. The van der Waals surface area contributed by atoms with Gasteiger partial charge in [0.25, 0.3) is 0 Å². The Balaban J connectivity index is 1.37. The van der Waals surface area contributed by atoms with E-state index < -0.39 is 0 Å². The van der Waals surface area contributed by atoms with Crippen molar-refractivity contribution in [1.29, 1.82) is 0 Å². The van der Waals surface area contributed by atoms with Gasteiger partial charge in [0.2, 0.25) is 5.91 Å². The molecule has 0 fully saturated rings. The topological polar surface area (TPSA) is 85.6 Å². The third-order valence-electron chi connectivity index (χ3n) is 4.31. The van der Waals surface area contributed by atoms with E-state index in [4.69, 9.17) is 11.6 Å². The minimum atomic E-state index is -0.248.